The molecule has 0 atom stereocenters. The third kappa shape index (κ3) is 4.16. The number of para-hydroxylation sites is 2. The molecule has 192 valence electrons. The molecule has 6 heteroatoms. The van der Waals surface area contributed by atoms with Crippen LogP contribution in [0.15, 0.2) is 118 Å². The predicted molar refractivity (Wildman–Crippen MR) is 152 cm³/mol. The SMILES string of the molecule is [Pt+2].[c-]1cc2oc3ccccc3c2cc1-c1cccc(Oc2cccc(-c3[c-]cc4oc5ccccc5c4c3)n2)n1. The van der Waals surface area contributed by atoms with Gasteiger partial charge in [0.15, 0.2) is 0 Å². The summed E-state index contributed by atoms with van der Waals surface area (Å²) >= 11 is 0. The zero-order chi connectivity index (χ0) is 25.8. The van der Waals surface area contributed by atoms with Gasteiger partial charge in [0.05, 0.1) is 11.2 Å². The largest absolute Gasteiger partial charge is 2.00 e. The van der Waals surface area contributed by atoms with Crippen LogP contribution in [0.2, 0.25) is 0 Å². The molecule has 0 bridgehead atoms. The van der Waals surface area contributed by atoms with Gasteiger partial charge >= 0.3 is 21.1 Å². The second-order valence-electron chi connectivity index (χ2n) is 9.27. The molecule has 40 heavy (non-hydrogen) atoms. The molecule has 0 radical (unpaired) electrons. The van der Waals surface area contributed by atoms with Crippen molar-refractivity contribution in [3.63, 3.8) is 0 Å². The Labute approximate surface area is 243 Å². The van der Waals surface area contributed by atoms with Gasteiger partial charge in [-0.15, -0.1) is 47.5 Å². The van der Waals surface area contributed by atoms with E-state index in [9.17, 15) is 0 Å². The third-order valence-corrected chi connectivity index (χ3v) is 6.83. The molecule has 0 unspecified atom stereocenters. The van der Waals surface area contributed by atoms with E-state index in [0.717, 1.165) is 66.4 Å². The molecule has 0 spiro atoms. The van der Waals surface area contributed by atoms with Gasteiger partial charge in [0.25, 0.3) is 0 Å². The minimum atomic E-state index is 0. The maximum absolute atomic E-state index is 6.10. The number of hydrogen-bond donors (Lipinski definition) is 0. The van der Waals surface area contributed by atoms with Crippen molar-refractivity contribution in [3.8, 4) is 34.3 Å². The van der Waals surface area contributed by atoms with Gasteiger partial charge < -0.3 is 13.6 Å². The monoisotopic (exact) mass is 697 g/mol. The maximum Gasteiger partial charge on any atom is 2.00 e. The fourth-order valence-electron chi connectivity index (χ4n) is 4.99. The summed E-state index contributed by atoms with van der Waals surface area (Å²) in [6, 6.07) is 41.8. The summed E-state index contributed by atoms with van der Waals surface area (Å²) in [7, 11) is 0. The maximum atomic E-state index is 6.10. The zero-order valence-electron chi connectivity index (χ0n) is 20.8. The van der Waals surface area contributed by atoms with Crippen LogP contribution in [0.5, 0.6) is 11.8 Å². The van der Waals surface area contributed by atoms with E-state index in [1.54, 1.807) is 0 Å². The molecular formula is C34H18N2O3Pt. The number of furan rings is 2. The van der Waals surface area contributed by atoms with E-state index >= 15 is 0 Å². The van der Waals surface area contributed by atoms with Gasteiger partial charge in [0, 0.05) is 10.8 Å². The fourth-order valence-corrected chi connectivity index (χ4v) is 4.99. The Kier molecular flexibility index (Phi) is 5.95. The molecule has 0 aliphatic rings. The first-order valence-electron chi connectivity index (χ1n) is 12.6. The first-order chi connectivity index (χ1) is 19.3. The molecule has 0 aliphatic heterocycles. The summed E-state index contributed by atoms with van der Waals surface area (Å²) in [6.07, 6.45) is 0. The molecule has 0 fully saturated rings. The Morgan fingerprint density at radius 1 is 0.500 bits per heavy atom. The van der Waals surface area contributed by atoms with Gasteiger partial charge in [0.2, 0.25) is 11.8 Å². The quantitative estimate of drug-likeness (QED) is 0.172. The Morgan fingerprint density at radius 3 is 1.48 bits per heavy atom. The van der Waals surface area contributed by atoms with Crippen molar-refractivity contribution < 1.29 is 34.6 Å². The zero-order valence-corrected chi connectivity index (χ0v) is 23.1. The summed E-state index contributed by atoms with van der Waals surface area (Å²) in [5.41, 5.74) is 6.52. The number of benzene rings is 4. The van der Waals surface area contributed by atoms with Crippen LogP contribution in [0, 0.1) is 12.1 Å². The minimum absolute atomic E-state index is 0. The standard InChI is InChI=1S/C34H18N2O3.Pt/c1-3-11-29-23(7-1)25-19-21(15-17-31(25)37-29)27-9-5-13-33(35-27)39-34-14-6-10-28(36-34)22-16-18-32-26(20-22)24-8-2-4-12-30(24)38-32;/h1-14,17-20H;/q-2;+2. The van der Waals surface area contributed by atoms with Gasteiger partial charge in [-0.25, -0.2) is 0 Å². The number of aromatic nitrogens is 2. The van der Waals surface area contributed by atoms with E-state index in [4.69, 9.17) is 23.5 Å². The Bertz CT molecular complexity index is 2020. The number of fused-ring (bicyclic) bond motifs is 6. The summed E-state index contributed by atoms with van der Waals surface area (Å²) in [5, 5.41) is 4.19. The number of hydrogen-bond acceptors (Lipinski definition) is 5. The second kappa shape index (κ2) is 9.78. The van der Waals surface area contributed by atoms with Crippen molar-refractivity contribution >= 4 is 43.9 Å². The van der Waals surface area contributed by atoms with Crippen LogP contribution in [0.4, 0.5) is 0 Å². The molecule has 0 saturated carbocycles. The average Bonchev–Trinajstić information content (AvgIpc) is 3.55. The smallest absolute Gasteiger partial charge is 0.500 e. The third-order valence-electron chi connectivity index (χ3n) is 6.83. The fraction of sp³-hybridized carbons (Fsp3) is 0. The van der Waals surface area contributed by atoms with Crippen molar-refractivity contribution in [2.24, 2.45) is 0 Å². The predicted octanol–water partition coefficient (Wildman–Crippen LogP) is 9.00. The van der Waals surface area contributed by atoms with Crippen LogP contribution in [-0.2, 0) is 21.1 Å². The molecule has 0 amide bonds. The summed E-state index contributed by atoms with van der Waals surface area (Å²) in [5.74, 6) is 0.894. The van der Waals surface area contributed by atoms with Crippen LogP contribution in [0.3, 0.4) is 0 Å². The van der Waals surface area contributed by atoms with Crippen LogP contribution in [0.1, 0.15) is 0 Å². The molecule has 4 aromatic heterocycles. The van der Waals surface area contributed by atoms with Crippen molar-refractivity contribution in [2.75, 3.05) is 0 Å². The number of pyridine rings is 2. The van der Waals surface area contributed by atoms with Gasteiger partial charge in [-0.1, -0.05) is 71.4 Å². The van der Waals surface area contributed by atoms with Gasteiger partial charge in [-0.05, 0) is 35.7 Å². The number of ether oxygens (including phenoxy) is 1. The topological polar surface area (TPSA) is 61.3 Å². The van der Waals surface area contributed by atoms with Crippen LogP contribution >= 0.6 is 0 Å². The van der Waals surface area contributed by atoms with Crippen molar-refractivity contribution in [1.29, 1.82) is 0 Å². The molecule has 0 aliphatic carbocycles. The van der Waals surface area contributed by atoms with Crippen LogP contribution < -0.4 is 4.74 Å². The molecule has 0 N–H and O–H groups in total. The van der Waals surface area contributed by atoms with E-state index in [-0.39, 0.29) is 21.1 Å². The summed E-state index contributed by atoms with van der Waals surface area (Å²) in [4.78, 5) is 9.47. The van der Waals surface area contributed by atoms with Crippen molar-refractivity contribution in [1.82, 2.24) is 9.97 Å². The molecule has 0 saturated heterocycles. The Morgan fingerprint density at radius 2 is 0.975 bits per heavy atom. The Hall–Kier alpha value is -4.73. The summed E-state index contributed by atoms with van der Waals surface area (Å²) in [6.45, 7) is 0. The van der Waals surface area contributed by atoms with Crippen LogP contribution in [0.25, 0.3) is 66.4 Å². The normalized spacial score (nSPS) is 11.3. The van der Waals surface area contributed by atoms with Gasteiger partial charge in [-0.3, -0.25) is 9.97 Å². The van der Waals surface area contributed by atoms with Crippen LogP contribution in [-0.4, -0.2) is 9.97 Å². The molecule has 8 aromatic rings. The van der Waals surface area contributed by atoms with Gasteiger partial charge in [0.1, 0.15) is 11.2 Å². The van der Waals surface area contributed by atoms with Gasteiger partial charge in [-0.2, -0.15) is 0 Å². The molecular weight excluding hydrogens is 679 g/mol. The molecule has 5 nitrogen and oxygen atoms in total. The molecule has 4 heterocycles. The van der Waals surface area contributed by atoms with E-state index in [2.05, 4.69) is 36.4 Å². The second-order valence-corrected chi connectivity index (χ2v) is 9.27. The minimum Gasteiger partial charge on any atom is -0.500 e. The molecule has 4 aromatic carbocycles. The van der Waals surface area contributed by atoms with Crippen molar-refractivity contribution in [3.05, 3.63) is 121 Å². The van der Waals surface area contributed by atoms with E-state index in [1.165, 1.54) is 0 Å². The first kappa shape index (κ1) is 24.3. The first-order valence-corrected chi connectivity index (χ1v) is 12.6. The summed E-state index contributed by atoms with van der Waals surface area (Å²) < 4.78 is 18.0. The van der Waals surface area contributed by atoms with E-state index < -0.39 is 0 Å². The number of nitrogens with zero attached hydrogens (tertiary/aromatic N) is 2. The van der Waals surface area contributed by atoms with E-state index in [1.807, 2.05) is 84.9 Å². The van der Waals surface area contributed by atoms with E-state index in [0.29, 0.717) is 11.8 Å². The van der Waals surface area contributed by atoms with Crippen molar-refractivity contribution in [2.45, 2.75) is 0 Å². The Balaban J connectivity index is 0.00000264. The number of rotatable bonds is 4. The average molecular weight is 698 g/mol. The molecule has 8 rings (SSSR count).